The molecule has 2 aliphatic heterocycles. The summed E-state index contributed by atoms with van der Waals surface area (Å²) in [5, 5.41) is 6.94. The third-order valence-corrected chi connectivity index (χ3v) is 5.63. The van der Waals surface area contributed by atoms with Crippen LogP contribution in [-0.4, -0.2) is 47.3 Å². The Labute approximate surface area is 157 Å². The van der Waals surface area contributed by atoms with E-state index in [1.54, 1.807) is 0 Å². The molecule has 6 heteroatoms. The fourth-order valence-corrected chi connectivity index (χ4v) is 4.79. The van der Waals surface area contributed by atoms with Gasteiger partial charge in [0, 0.05) is 22.2 Å². The maximum Gasteiger partial charge on any atom is 0.310 e. The number of hydrogen-bond donors (Lipinski definition) is 2. The quantitative estimate of drug-likeness (QED) is 0.573. The topological polar surface area (TPSA) is 76.7 Å². The molecule has 0 radical (unpaired) electrons. The number of ether oxygens (including phenoxy) is 2. The molecule has 2 unspecified atom stereocenters. The molecular formula is C20H36N2O4. The van der Waals surface area contributed by atoms with Crippen molar-refractivity contribution in [1.82, 2.24) is 10.6 Å². The van der Waals surface area contributed by atoms with E-state index in [9.17, 15) is 9.59 Å². The minimum Gasteiger partial charge on any atom is -0.462 e. The molecular weight excluding hydrogens is 332 g/mol. The fraction of sp³-hybridized carbons (Fsp3) is 0.900. The van der Waals surface area contributed by atoms with Gasteiger partial charge in [0.2, 0.25) is 0 Å². The minimum atomic E-state index is -0.303. The van der Waals surface area contributed by atoms with E-state index < -0.39 is 0 Å². The zero-order chi connectivity index (χ0) is 20.0. The highest BCUT2D eigenvalue weighted by Gasteiger charge is 2.49. The van der Waals surface area contributed by atoms with Crippen LogP contribution in [0.5, 0.6) is 0 Å². The van der Waals surface area contributed by atoms with Crippen molar-refractivity contribution in [2.24, 2.45) is 11.8 Å². The number of carbonyl (C=O) groups is 2. The third kappa shape index (κ3) is 4.77. The van der Waals surface area contributed by atoms with E-state index in [2.05, 4.69) is 38.3 Å². The molecule has 2 fully saturated rings. The first-order valence-corrected chi connectivity index (χ1v) is 9.57. The maximum atomic E-state index is 12.4. The summed E-state index contributed by atoms with van der Waals surface area (Å²) in [7, 11) is 0. The molecule has 0 aliphatic carbocycles. The normalized spacial score (nSPS) is 30.8. The van der Waals surface area contributed by atoms with Crippen molar-refractivity contribution in [3.05, 3.63) is 0 Å². The lowest BCUT2D eigenvalue weighted by molar-refractivity contribution is -0.159. The summed E-state index contributed by atoms with van der Waals surface area (Å²) in [5.41, 5.74) is -0.786. The van der Waals surface area contributed by atoms with Gasteiger partial charge in [0.1, 0.15) is 13.2 Å². The second-order valence-electron chi connectivity index (χ2n) is 10.3. The van der Waals surface area contributed by atoms with Gasteiger partial charge in [0.05, 0.1) is 11.8 Å². The zero-order valence-corrected chi connectivity index (χ0v) is 17.6. The average molecular weight is 369 g/mol. The van der Waals surface area contributed by atoms with Gasteiger partial charge in [-0.2, -0.15) is 0 Å². The highest BCUT2D eigenvalue weighted by atomic mass is 16.6. The van der Waals surface area contributed by atoms with Crippen molar-refractivity contribution in [2.75, 3.05) is 13.2 Å². The van der Waals surface area contributed by atoms with Gasteiger partial charge in [-0.15, -0.1) is 0 Å². The first-order chi connectivity index (χ1) is 11.7. The average Bonchev–Trinajstić information content (AvgIpc) is 2.80. The van der Waals surface area contributed by atoms with Gasteiger partial charge in [-0.25, -0.2) is 0 Å². The van der Waals surface area contributed by atoms with E-state index in [-0.39, 0.29) is 59.1 Å². The molecule has 2 rings (SSSR count). The molecule has 2 heterocycles. The van der Waals surface area contributed by atoms with E-state index >= 15 is 0 Å². The molecule has 0 amide bonds. The summed E-state index contributed by atoms with van der Waals surface area (Å²) in [6.07, 6.45) is 1.46. The second-order valence-corrected chi connectivity index (χ2v) is 10.3. The first-order valence-electron chi connectivity index (χ1n) is 9.57. The molecule has 0 aromatic rings. The fourth-order valence-electron chi connectivity index (χ4n) is 4.79. The molecule has 26 heavy (non-hydrogen) atoms. The van der Waals surface area contributed by atoms with Crippen LogP contribution < -0.4 is 10.6 Å². The highest BCUT2D eigenvalue weighted by molar-refractivity contribution is 5.75. The number of carbonyl (C=O) groups excluding carboxylic acids is 2. The third-order valence-electron chi connectivity index (χ3n) is 5.63. The summed E-state index contributed by atoms with van der Waals surface area (Å²) in [4.78, 5) is 24.9. The largest absolute Gasteiger partial charge is 0.462 e. The molecule has 150 valence electrons. The Balaban J connectivity index is 1.79. The van der Waals surface area contributed by atoms with Crippen molar-refractivity contribution in [3.63, 3.8) is 0 Å². The molecule has 0 aromatic carbocycles. The van der Waals surface area contributed by atoms with Gasteiger partial charge in [-0.05, 0) is 68.2 Å². The smallest absolute Gasteiger partial charge is 0.310 e. The predicted octanol–water partition coefficient (Wildman–Crippen LogP) is 2.41. The Hall–Kier alpha value is -1.14. The molecule has 6 nitrogen and oxygen atoms in total. The molecule has 2 N–H and O–H groups in total. The Kier molecular flexibility index (Phi) is 5.52. The summed E-state index contributed by atoms with van der Waals surface area (Å²) in [5.74, 6) is -0.861. The lowest BCUT2D eigenvalue weighted by Gasteiger charge is -2.27. The zero-order valence-electron chi connectivity index (χ0n) is 17.6. The SMILES string of the molecule is CC1(C)CC(C(=O)OCCOC(=O)C2CC(C)(C)NC2(C)C)C(C)(C)N1. The van der Waals surface area contributed by atoms with Crippen LogP contribution in [0.4, 0.5) is 0 Å². The van der Waals surface area contributed by atoms with E-state index in [0.29, 0.717) is 0 Å². The number of nitrogens with one attached hydrogen (secondary N) is 2. The second kappa shape index (κ2) is 6.79. The first kappa shape index (κ1) is 21.2. The number of rotatable bonds is 5. The van der Waals surface area contributed by atoms with Crippen LogP contribution in [0.1, 0.15) is 68.2 Å². The van der Waals surface area contributed by atoms with Gasteiger partial charge in [0.15, 0.2) is 0 Å². The van der Waals surface area contributed by atoms with Gasteiger partial charge in [0.25, 0.3) is 0 Å². The number of esters is 2. The van der Waals surface area contributed by atoms with Gasteiger partial charge in [-0.1, -0.05) is 0 Å². The van der Waals surface area contributed by atoms with Crippen LogP contribution in [0.15, 0.2) is 0 Å². The van der Waals surface area contributed by atoms with E-state index in [4.69, 9.17) is 9.47 Å². The van der Waals surface area contributed by atoms with Gasteiger partial charge in [-0.3, -0.25) is 9.59 Å². The van der Waals surface area contributed by atoms with Crippen LogP contribution in [-0.2, 0) is 19.1 Å². The molecule has 0 aromatic heterocycles. The minimum absolute atomic E-state index is 0.0898. The lowest BCUT2D eigenvalue weighted by atomic mass is 9.87. The monoisotopic (exact) mass is 368 g/mol. The Morgan fingerprint density at radius 1 is 0.731 bits per heavy atom. The lowest BCUT2D eigenvalue weighted by Crippen LogP contribution is -2.47. The van der Waals surface area contributed by atoms with Crippen LogP contribution in [0.3, 0.4) is 0 Å². The molecule has 2 aliphatic rings. The van der Waals surface area contributed by atoms with Crippen LogP contribution >= 0.6 is 0 Å². The molecule has 0 saturated carbocycles. The summed E-state index contributed by atoms with van der Waals surface area (Å²) in [6.45, 7) is 16.6. The van der Waals surface area contributed by atoms with Gasteiger partial charge < -0.3 is 20.1 Å². The Morgan fingerprint density at radius 3 is 1.27 bits per heavy atom. The van der Waals surface area contributed by atoms with Crippen molar-refractivity contribution in [3.8, 4) is 0 Å². The summed E-state index contributed by atoms with van der Waals surface area (Å²) < 4.78 is 10.8. The Bertz CT molecular complexity index is 516. The predicted molar refractivity (Wildman–Crippen MR) is 101 cm³/mol. The van der Waals surface area contributed by atoms with E-state index in [0.717, 1.165) is 12.8 Å². The van der Waals surface area contributed by atoms with Crippen LogP contribution in [0.2, 0.25) is 0 Å². The molecule has 2 saturated heterocycles. The highest BCUT2D eigenvalue weighted by Crippen LogP contribution is 2.37. The van der Waals surface area contributed by atoms with E-state index in [1.165, 1.54) is 0 Å². The van der Waals surface area contributed by atoms with Crippen LogP contribution in [0, 0.1) is 11.8 Å². The van der Waals surface area contributed by atoms with Gasteiger partial charge >= 0.3 is 11.9 Å². The van der Waals surface area contributed by atoms with E-state index in [1.807, 2.05) is 27.7 Å². The summed E-state index contributed by atoms with van der Waals surface area (Å²) >= 11 is 0. The van der Waals surface area contributed by atoms with Crippen molar-refractivity contribution in [1.29, 1.82) is 0 Å². The summed E-state index contributed by atoms with van der Waals surface area (Å²) in [6, 6.07) is 0. The standard InChI is InChI=1S/C20H36N2O4/c1-17(2)11-13(19(5,6)21-17)15(23)25-9-10-26-16(24)14-12-18(3,4)22-20(14,7)8/h13-14,21-22H,9-12H2,1-8H3. The van der Waals surface area contributed by atoms with Crippen LogP contribution in [0.25, 0.3) is 0 Å². The van der Waals surface area contributed by atoms with Crippen molar-refractivity contribution < 1.29 is 19.1 Å². The molecule has 2 atom stereocenters. The maximum absolute atomic E-state index is 12.4. The molecule has 0 bridgehead atoms. The molecule has 0 spiro atoms. The van der Waals surface area contributed by atoms with Crippen molar-refractivity contribution in [2.45, 2.75) is 90.4 Å². The number of hydrogen-bond acceptors (Lipinski definition) is 6. The van der Waals surface area contributed by atoms with Crippen molar-refractivity contribution >= 4 is 11.9 Å². The Morgan fingerprint density at radius 2 is 1.04 bits per heavy atom.